The van der Waals surface area contributed by atoms with Gasteiger partial charge in [0.2, 0.25) is 0 Å². The largest absolute Gasteiger partial charge is 0.396 e. The fraction of sp³-hybridized carbons (Fsp3) is 0.100. The standard InChI is InChI=1S/C10H11N3S/c1-14-9-5-3-2-4-7(9)10-8(11)6-12-13-10/h2-6H,11H2,1H3,(H,12,13). The van der Waals surface area contributed by atoms with Gasteiger partial charge in [0.25, 0.3) is 0 Å². The van der Waals surface area contributed by atoms with E-state index in [9.17, 15) is 0 Å². The van der Waals surface area contributed by atoms with E-state index >= 15 is 0 Å². The monoisotopic (exact) mass is 205 g/mol. The summed E-state index contributed by atoms with van der Waals surface area (Å²) < 4.78 is 0. The third-order valence-corrected chi connectivity index (χ3v) is 2.84. The second-order valence-electron chi connectivity index (χ2n) is 2.90. The summed E-state index contributed by atoms with van der Waals surface area (Å²) in [5, 5.41) is 6.82. The Morgan fingerprint density at radius 1 is 1.36 bits per heavy atom. The van der Waals surface area contributed by atoms with Gasteiger partial charge in [0.15, 0.2) is 0 Å². The van der Waals surface area contributed by atoms with Crippen molar-refractivity contribution in [1.29, 1.82) is 0 Å². The summed E-state index contributed by atoms with van der Waals surface area (Å²) in [4.78, 5) is 1.20. The number of nitrogens with zero attached hydrogens (tertiary/aromatic N) is 1. The molecule has 0 aliphatic carbocycles. The maximum Gasteiger partial charge on any atom is 0.0891 e. The number of aromatic amines is 1. The van der Waals surface area contributed by atoms with Crippen LogP contribution in [0.15, 0.2) is 35.4 Å². The predicted molar refractivity (Wildman–Crippen MR) is 60.2 cm³/mol. The molecular weight excluding hydrogens is 194 g/mol. The summed E-state index contributed by atoms with van der Waals surface area (Å²) in [6.07, 6.45) is 3.68. The Kier molecular flexibility index (Phi) is 2.45. The highest BCUT2D eigenvalue weighted by molar-refractivity contribution is 7.98. The van der Waals surface area contributed by atoms with Crippen molar-refractivity contribution in [3.05, 3.63) is 30.5 Å². The van der Waals surface area contributed by atoms with Crippen molar-refractivity contribution in [3.63, 3.8) is 0 Å². The first kappa shape index (κ1) is 9.15. The Hall–Kier alpha value is -1.42. The van der Waals surface area contributed by atoms with Crippen molar-refractivity contribution in [2.45, 2.75) is 4.90 Å². The normalized spacial score (nSPS) is 10.4. The van der Waals surface area contributed by atoms with E-state index in [4.69, 9.17) is 5.73 Å². The topological polar surface area (TPSA) is 54.7 Å². The maximum atomic E-state index is 5.79. The molecule has 2 aromatic rings. The maximum absolute atomic E-state index is 5.79. The van der Waals surface area contributed by atoms with Crippen molar-refractivity contribution in [2.24, 2.45) is 0 Å². The molecule has 1 heterocycles. The molecule has 0 bridgehead atoms. The van der Waals surface area contributed by atoms with Crippen LogP contribution in [-0.2, 0) is 0 Å². The first-order chi connectivity index (χ1) is 6.83. The first-order valence-electron chi connectivity index (χ1n) is 4.25. The quantitative estimate of drug-likeness (QED) is 0.740. The number of nitrogen functional groups attached to an aromatic ring is 1. The molecule has 0 aliphatic heterocycles. The number of thioether (sulfide) groups is 1. The summed E-state index contributed by atoms with van der Waals surface area (Å²) in [6.45, 7) is 0. The molecule has 72 valence electrons. The van der Waals surface area contributed by atoms with Crippen LogP contribution in [0.3, 0.4) is 0 Å². The van der Waals surface area contributed by atoms with Crippen molar-refractivity contribution in [3.8, 4) is 11.3 Å². The smallest absolute Gasteiger partial charge is 0.0891 e. The molecule has 1 aromatic heterocycles. The van der Waals surface area contributed by atoms with Crippen molar-refractivity contribution < 1.29 is 0 Å². The zero-order valence-electron chi connectivity index (χ0n) is 7.82. The molecule has 1 aromatic carbocycles. The van der Waals surface area contributed by atoms with Gasteiger partial charge in [-0.1, -0.05) is 18.2 Å². The van der Waals surface area contributed by atoms with Gasteiger partial charge >= 0.3 is 0 Å². The number of nitrogens with one attached hydrogen (secondary N) is 1. The summed E-state index contributed by atoms with van der Waals surface area (Å²) in [6, 6.07) is 8.12. The average molecular weight is 205 g/mol. The van der Waals surface area contributed by atoms with Crippen molar-refractivity contribution in [2.75, 3.05) is 12.0 Å². The predicted octanol–water partition coefficient (Wildman–Crippen LogP) is 2.38. The molecule has 0 atom stereocenters. The Morgan fingerprint density at radius 2 is 2.14 bits per heavy atom. The highest BCUT2D eigenvalue weighted by atomic mass is 32.2. The lowest BCUT2D eigenvalue weighted by molar-refractivity contribution is 1.09. The SMILES string of the molecule is CSc1ccccc1-c1[nH]ncc1N. The summed E-state index contributed by atoms with van der Waals surface area (Å²) in [5.74, 6) is 0. The number of benzene rings is 1. The van der Waals surface area contributed by atoms with Crippen LogP contribution >= 0.6 is 11.8 Å². The lowest BCUT2D eigenvalue weighted by Gasteiger charge is -2.04. The Morgan fingerprint density at radius 3 is 2.79 bits per heavy atom. The van der Waals surface area contributed by atoms with Gasteiger partial charge < -0.3 is 5.73 Å². The third-order valence-electron chi connectivity index (χ3n) is 2.04. The van der Waals surface area contributed by atoms with Crippen LogP contribution in [0, 0.1) is 0 Å². The Balaban J connectivity index is 2.56. The molecule has 0 saturated heterocycles. The Bertz CT molecular complexity index is 436. The van der Waals surface area contributed by atoms with Crippen molar-refractivity contribution >= 4 is 17.4 Å². The number of hydrogen-bond acceptors (Lipinski definition) is 3. The van der Waals surface area contributed by atoms with Crippen LogP contribution in [0.25, 0.3) is 11.3 Å². The second kappa shape index (κ2) is 3.75. The molecule has 2 rings (SSSR count). The van der Waals surface area contributed by atoms with Crippen molar-refractivity contribution in [1.82, 2.24) is 10.2 Å². The first-order valence-corrected chi connectivity index (χ1v) is 5.47. The minimum absolute atomic E-state index is 0.687. The molecule has 0 amide bonds. The minimum Gasteiger partial charge on any atom is -0.396 e. The van der Waals surface area contributed by atoms with Crippen LogP contribution in [0.1, 0.15) is 0 Å². The van der Waals surface area contributed by atoms with Gasteiger partial charge in [-0.3, -0.25) is 5.10 Å². The number of aromatic nitrogens is 2. The van der Waals surface area contributed by atoms with Crippen LogP contribution in [0.4, 0.5) is 5.69 Å². The zero-order chi connectivity index (χ0) is 9.97. The molecule has 3 N–H and O–H groups in total. The fourth-order valence-electron chi connectivity index (χ4n) is 1.36. The molecular formula is C10H11N3S. The summed E-state index contributed by atoms with van der Waals surface area (Å²) in [5.41, 5.74) is 8.48. The summed E-state index contributed by atoms with van der Waals surface area (Å²) >= 11 is 1.70. The van der Waals surface area contributed by atoms with E-state index in [2.05, 4.69) is 16.3 Å². The third kappa shape index (κ3) is 1.48. The van der Waals surface area contributed by atoms with E-state index in [1.165, 1.54) is 4.90 Å². The average Bonchev–Trinajstić information content (AvgIpc) is 2.64. The molecule has 0 radical (unpaired) electrons. The van der Waals surface area contributed by atoms with E-state index < -0.39 is 0 Å². The molecule has 14 heavy (non-hydrogen) atoms. The number of H-pyrrole nitrogens is 1. The van der Waals surface area contributed by atoms with Crippen LogP contribution < -0.4 is 5.73 Å². The molecule has 0 aliphatic rings. The van der Waals surface area contributed by atoms with Gasteiger partial charge in [0.05, 0.1) is 17.6 Å². The van der Waals surface area contributed by atoms with E-state index in [1.54, 1.807) is 18.0 Å². The number of nitrogens with two attached hydrogens (primary N) is 1. The highest BCUT2D eigenvalue weighted by Gasteiger charge is 2.07. The molecule has 0 unspecified atom stereocenters. The zero-order valence-corrected chi connectivity index (χ0v) is 8.64. The lowest BCUT2D eigenvalue weighted by Crippen LogP contribution is -1.88. The Labute approximate surface area is 86.7 Å². The summed E-state index contributed by atoms with van der Waals surface area (Å²) in [7, 11) is 0. The van der Waals surface area contributed by atoms with E-state index in [0.717, 1.165) is 11.3 Å². The van der Waals surface area contributed by atoms with Gasteiger partial charge in [0, 0.05) is 10.5 Å². The highest BCUT2D eigenvalue weighted by Crippen LogP contribution is 2.31. The molecule has 3 nitrogen and oxygen atoms in total. The lowest BCUT2D eigenvalue weighted by atomic mass is 10.1. The second-order valence-corrected chi connectivity index (χ2v) is 3.75. The molecule has 0 saturated carbocycles. The van der Waals surface area contributed by atoms with Crippen LogP contribution in [0.5, 0.6) is 0 Å². The molecule has 0 fully saturated rings. The van der Waals surface area contributed by atoms with Gasteiger partial charge in [0.1, 0.15) is 0 Å². The fourth-order valence-corrected chi connectivity index (χ4v) is 1.97. The van der Waals surface area contributed by atoms with Crippen LogP contribution in [-0.4, -0.2) is 16.5 Å². The molecule has 4 heteroatoms. The molecule has 0 spiro atoms. The van der Waals surface area contributed by atoms with Gasteiger partial charge in [-0.2, -0.15) is 5.10 Å². The number of hydrogen-bond donors (Lipinski definition) is 2. The van der Waals surface area contributed by atoms with Crippen LogP contribution in [0.2, 0.25) is 0 Å². The van der Waals surface area contributed by atoms with E-state index in [0.29, 0.717) is 5.69 Å². The number of rotatable bonds is 2. The van der Waals surface area contributed by atoms with Gasteiger partial charge in [-0.25, -0.2) is 0 Å². The van der Waals surface area contributed by atoms with Gasteiger partial charge in [-0.15, -0.1) is 11.8 Å². The van der Waals surface area contributed by atoms with Gasteiger partial charge in [-0.05, 0) is 12.3 Å². The van der Waals surface area contributed by atoms with E-state index in [1.807, 2.05) is 24.5 Å². The minimum atomic E-state index is 0.687. The number of anilines is 1. The van der Waals surface area contributed by atoms with E-state index in [-0.39, 0.29) is 0 Å².